The third-order valence-electron chi connectivity index (χ3n) is 3.07. The highest BCUT2D eigenvalue weighted by Gasteiger charge is 2.15. The fourth-order valence-electron chi connectivity index (χ4n) is 2.01. The van der Waals surface area contributed by atoms with Gasteiger partial charge in [0.2, 0.25) is 0 Å². The third-order valence-corrected chi connectivity index (χ3v) is 5.32. The van der Waals surface area contributed by atoms with Crippen molar-refractivity contribution < 1.29 is 4.39 Å². The first-order chi connectivity index (χ1) is 9.61. The Kier molecular flexibility index (Phi) is 6.02. The maximum absolute atomic E-state index is 13.7. The molecule has 1 heterocycles. The molecule has 0 amide bonds. The third kappa shape index (κ3) is 4.04. The Labute approximate surface area is 136 Å². The Morgan fingerprint density at radius 3 is 2.80 bits per heavy atom. The second-order valence-electron chi connectivity index (χ2n) is 4.58. The first-order valence-electron chi connectivity index (χ1n) is 6.52. The summed E-state index contributed by atoms with van der Waals surface area (Å²) in [4.78, 5) is 1.26. The molecule has 0 fully saturated rings. The number of halogens is 3. The van der Waals surface area contributed by atoms with Gasteiger partial charge in [-0.2, -0.15) is 0 Å². The molecular weight excluding hydrogens is 361 g/mol. The van der Waals surface area contributed by atoms with Crippen LogP contribution in [0, 0.1) is 5.82 Å². The highest BCUT2D eigenvalue weighted by atomic mass is 79.9. The van der Waals surface area contributed by atoms with Crippen molar-refractivity contribution in [1.82, 2.24) is 5.32 Å². The second kappa shape index (κ2) is 7.55. The van der Waals surface area contributed by atoms with Crippen LogP contribution >= 0.6 is 38.9 Å². The molecule has 0 bridgehead atoms. The molecule has 108 valence electrons. The molecule has 0 saturated carbocycles. The minimum absolute atomic E-state index is 0.0941. The largest absolute Gasteiger partial charge is 0.310 e. The molecular formula is C15H16BrClFNS. The molecule has 0 aliphatic rings. The van der Waals surface area contributed by atoms with Gasteiger partial charge < -0.3 is 5.32 Å². The molecule has 20 heavy (non-hydrogen) atoms. The van der Waals surface area contributed by atoms with E-state index in [2.05, 4.69) is 33.6 Å². The summed E-state index contributed by atoms with van der Waals surface area (Å²) in [6, 6.07) is 7.17. The number of benzene rings is 1. The van der Waals surface area contributed by atoms with Crippen LogP contribution in [0.25, 0.3) is 0 Å². The first-order valence-corrected chi connectivity index (χ1v) is 8.57. The van der Waals surface area contributed by atoms with Crippen LogP contribution < -0.4 is 5.32 Å². The average Bonchev–Trinajstić information content (AvgIpc) is 2.83. The monoisotopic (exact) mass is 375 g/mol. The molecule has 1 aromatic heterocycles. The van der Waals surface area contributed by atoms with E-state index in [9.17, 15) is 4.39 Å². The maximum atomic E-state index is 13.7. The second-order valence-corrected chi connectivity index (χ2v) is 6.84. The molecule has 2 aromatic rings. The van der Waals surface area contributed by atoms with E-state index < -0.39 is 0 Å². The van der Waals surface area contributed by atoms with Crippen LogP contribution in [0.4, 0.5) is 4.39 Å². The number of nitrogens with one attached hydrogen (secondary N) is 1. The van der Waals surface area contributed by atoms with E-state index in [0.717, 1.165) is 29.4 Å². The summed E-state index contributed by atoms with van der Waals surface area (Å²) >= 11 is 11.0. The standard InChI is InChI=1S/C15H16BrClFNS/c1-2-6-19-14(9-15-11(16)5-7-20-15)10-3-4-12(17)13(18)8-10/h3-5,7-8,14,19H,2,6,9H2,1H3. The lowest BCUT2D eigenvalue weighted by atomic mass is 10.0. The van der Waals surface area contributed by atoms with Gasteiger partial charge in [0.25, 0.3) is 0 Å². The fourth-order valence-corrected chi connectivity index (χ4v) is 3.69. The predicted molar refractivity (Wildman–Crippen MR) is 88.2 cm³/mol. The van der Waals surface area contributed by atoms with Crippen molar-refractivity contribution in [3.63, 3.8) is 0 Å². The van der Waals surface area contributed by atoms with Crippen LogP contribution in [0.5, 0.6) is 0 Å². The summed E-state index contributed by atoms with van der Waals surface area (Å²) in [6.45, 7) is 3.02. The lowest BCUT2D eigenvalue weighted by Gasteiger charge is -2.19. The zero-order valence-corrected chi connectivity index (χ0v) is 14.3. The molecule has 2 rings (SSSR count). The molecule has 1 nitrogen and oxygen atoms in total. The van der Waals surface area contributed by atoms with Gasteiger partial charge in [-0.1, -0.05) is 24.6 Å². The maximum Gasteiger partial charge on any atom is 0.142 e. The Morgan fingerprint density at radius 2 is 2.20 bits per heavy atom. The van der Waals surface area contributed by atoms with Crippen molar-refractivity contribution in [2.75, 3.05) is 6.54 Å². The first kappa shape index (κ1) is 16.0. The van der Waals surface area contributed by atoms with Crippen LogP contribution in [-0.4, -0.2) is 6.54 Å². The van der Waals surface area contributed by atoms with E-state index in [1.807, 2.05) is 12.1 Å². The normalized spacial score (nSPS) is 12.6. The van der Waals surface area contributed by atoms with Crippen LogP contribution in [-0.2, 0) is 6.42 Å². The fraction of sp³-hybridized carbons (Fsp3) is 0.333. The summed E-state index contributed by atoms with van der Waals surface area (Å²) in [5.41, 5.74) is 0.931. The molecule has 1 unspecified atom stereocenters. The van der Waals surface area contributed by atoms with Crippen molar-refractivity contribution in [1.29, 1.82) is 0 Å². The molecule has 0 spiro atoms. The Hall–Kier alpha value is -0.420. The van der Waals surface area contributed by atoms with Gasteiger partial charge in [0.1, 0.15) is 5.82 Å². The van der Waals surface area contributed by atoms with Crippen molar-refractivity contribution in [3.8, 4) is 0 Å². The zero-order valence-electron chi connectivity index (χ0n) is 11.1. The van der Waals surface area contributed by atoms with E-state index >= 15 is 0 Å². The number of thiophene rings is 1. The smallest absolute Gasteiger partial charge is 0.142 e. The predicted octanol–water partition coefficient (Wildman–Crippen LogP) is 5.59. The summed E-state index contributed by atoms with van der Waals surface area (Å²) < 4.78 is 14.8. The molecule has 1 atom stereocenters. The topological polar surface area (TPSA) is 12.0 Å². The van der Waals surface area contributed by atoms with Crippen LogP contribution in [0.2, 0.25) is 5.02 Å². The van der Waals surface area contributed by atoms with Gasteiger partial charge in [-0.15, -0.1) is 11.3 Å². The van der Waals surface area contributed by atoms with Gasteiger partial charge in [0.15, 0.2) is 0 Å². The molecule has 5 heteroatoms. The van der Waals surface area contributed by atoms with E-state index in [-0.39, 0.29) is 16.9 Å². The van der Waals surface area contributed by atoms with E-state index in [1.54, 1.807) is 17.4 Å². The van der Waals surface area contributed by atoms with Crippen LogP contribution in [0.15, 0.2) is 34.1 Å². The van der Waals surface area contributed by atoms with Crippen molar-refractivity contribution in [2.45, 2.75) is 25.8 Å². The summed E-state index contributed by atoms with van der Waals surface area (Å²) in [7, 11) is 0. The SMILES string of the molecule is CCCNC(Cc1sccc1Br)c1ccc(Cl)c(F)c1. The van der Waals surface area contributed by atoms with Gasteiger partial charge in [-0.05, 0) is 58.0 Å². The van der Waals surface area contributed by atoms with Gasteiger partial charge in [0.05, 0.1) is 5.02 Å². The minimum atomic E-state index is -0.363. The van der Waals surface area contributed by atoms with Gasteiger partial charge in [-0.25, -0.2) is 4.39 Å². The zero-order chi connectivity index (χ0) is 14.5. The molecule has 0 saturated heterocycles. The van der Waals surface area contributed by atoms with Gasteiger partial charge in [0, 0.05) is 21.8 Å². The van der Waals surface area contributed by atoms with Gasteiger partial charge in [-0.3, -0.25) is 0 Å². The average molecular weight is 377 g/mol. The van der Waals surface area contributed by atoms with Crippen LogP contribution in [0.3, 0.4) is 0 Å². The molecule has 1 aromatic carbocycles. The van der Waals surface area contributed by atoms with Crippen molar-refractivity contribution >= 4 is 38.9 Å². The van der Waals surface area contributed by atoms with E-state index in [4.69, 9.17) is 11.6 Å². The van der Waals surface area contributed by atoms with E-state index in [1.165, 1.54) is 10.9 Å². The Balaban J connectivity index is 2.22. The molecule has 0 aliphatic heterocycles. The summed E-state index contributed by atoms with van der Waals surface area (Å²) in [5, 5.41) is 5.70. The number of hydrogen-bond donors (Lipinski definition) is 1. The summed E-state index contributed by atoms with van der Waals surface area (Å²) in [5.74, 6) is -0.363. The summed E-state index contributed by atoms with van der Waals surface area (Å²) in [6.07, 6.45) is 1.87. The van der Waals surface area contributed by atoms with Crippen molar-refractivity contribution in [3.05, 3.63) is 55.4 Å². The van der Waals surface area contributed by atoms with E-state index in [0.29, 0.717) is 0 Å². The lowest BCUT2D eigenvalue weighted by Crippen LogP contribution is -2.24. The quantitative estimate of drug-likeness (QED) is 0.693. The minimum Gasteiger partial charge on any atom is -0.310 e. The lowest BCUT2D eigenvalue weighted by molar-refractivity contribution is 0.526. The van der Waals surface area contributed by atoms with Gasteiger partial charge >= 0.3 is 0 Å². The number of rotatable bonds is 6. The molecule has 0 aliphatic carbocycles. The van der Waals surface area contributed by atoms with Crippen molar-refractivity contribution in [2.24, 2.45) is 0 Å². The highest BCUT2D eigenvalue weighted by molar-refractivity contribution is 9.10. The Morgan fingerprint density at radius 1 is 1.40 bits per heavy atom. The number of hydrogen-bond acceptors (Lipinski definition) is 2. The highest BCUT2D eigenvalue weighted by Crippen LogP contribution is 2.29. The van der Waals surface area contributed by atoms with Crippen LogP contribution in [0.1, 0.15) is 29.8 Å². The molecule has 0 radical (unpaired) electrons. The Bertz CT molecular complexity index is 573. The molecule has 1 N–H and O–H groups in total.